The minimum atomic E-state index is -3.86. The number of allylic oxidation sites excluding steroid dienone is 1. The van der Waals surface area contributed by atoms with E-state index in [1.54, 1.807) is 0 Å². The van der Waals surface area contributed by atoms with Crippen molar-refractivity contribution in [3.63, 3.8) is 0 Å². The molecule has 9 heteroatoms. The van der Waals surface area contributed by atoms with Crippen LogP contribution in [0.4, 0.5) is 4.79 Å². The highest BCUT2D eigenvalue weighted by Gasteiger charge is 2.59. The Morgan fingerprint density at radius 3 is 2.59 bits per heavy atom. The van der Waals surface area contributed by atoms with E-state index in [-0.39, 0.29) is 30.8 Å². The van der Waals surface area contributed by atoms with E-state index in [1.165, 1.54) is 56.9 Å². The first-order valence-electron chi connectivity index (χ1n) is 17.6. The van der Waals surface area contributed by atoms with Crippen molar-refractivity contribution in [1.29, 1.82) is 0 Å². The van der Waals surface area contributed by atoms with Gasteiger partial charge in [0.05, 0.1) is 13.2 Å². The van der Waals surface area contributed by atoms with Crippen LogP contribution in [0.3, 0.4) is 0 Å². The van der Waals surface area contributed by atoms with E-state index >= 15 is 0 Å². The average Bonchev–Trinajstić information content (AvgIpc) is 3.30. The first kappa shape index (κ1) is 35.9. The number of hydrogen-bond donors (Lipinski definition) is 2. The molecule has 0 heterocycles. The smallest absolute Gasteiger partial charge is 0.407 e. The number of nitrogens with one attached hydrogen (secondary N) is 1. The second-order valence-corrected chi connectivity index (χ2v) is 17.4. The molecule has 3 saturated carbocycles. The molecular weight excluding hydrogens is 577 g/mol. The maximum atomic E-state index is 12.5. The summed E-state index contributed by atoms with van der Waals surface area (Å²) in [7, 11) is -3.86. The van der Waals surface area contributed by atoms with Gasteiger partial charge in [-0.15, -0.1) is 0 Å². The summed E-state index contributed by atoms with van der Waals surface area (Å²) in [6, 6.07) is 0. The normalized spacial score (nSPS) is 35.9. The average molecular weight is 639 g/mol. The third-order valence-corrected chi connectivity index (χ3v) is 12.7. The van der Waals surface area contributed by atoms with Gasteiger partial charge in [-0.25, -0.2) is 4.79 Å². The van der Waals surface area contributed by atoms with Crippen LogP contribution in [0.1, 0.15) is 112 Å². The Morgan fingerprint density at radius 2 is 1.86 bits per heavy atom. The molecule has 0 radical (unpaired) electrons. The number of aliphatic hydroxyl groups excluding tert-OH is 1. The standard InChI is InChI=1S/C35H62NO7P/c1-24(2)9-7-10-25(3)30-13-14-31-29-12-11-26-21-28(15-17-34(26,4)32(29)16-18-35(30,31)5)43-33(38)36-19-8-20-41-22-27(37)23-42-44(6,39)40/h11,24-25,27-32,37H,7-10,12-23H2,1-6H3,(H,36,38)(H,39,40)/p-1/t25-,27?,28-,29?,30?,31?,32?,34-,35+/m0/s1. The molecule has 4 rings (SSSR count). The number of alkyl carbamates (subject to hydrolysis) is 1. The Kier molecular flexibility index (Phi) is 12.5. The summed E-state index contributed by atoms with van der Waals surface area (Å²) in [5.41, 5.74) is 2.25. The van der Waals surface area contributed by atoms with E-state index in [0.717, 1.165) is 61.4 Å². The van der Waals surface area contributed by atoms with E-state index in [4.69, 9.17) is 9.47 Å². The van der Waals surface area contributed by atoms with Crippen molar-refractivity contribution >= 4 is 13.7 Å². The Bertz CT molecular complexity index is 1030. The number of carbonyl (C=O) groups is 1. The van der Waals surface area contributed by atoms with Crippen molar-refractivity contribution in [1.82, 2.24) is 5.32 Å². The van der Waals surface area contributed by atoms with Crippen LogP contribution < -0.4 is 10.2 Å². The monoisotopic (exact) mass is 638 g/mol. The fourth-order valence-electron chi connectivity index (χ4n) is 9.80. The van der Waals surface area contributed by atoms with Gasteiger partial charge in [-0.2, -0.15) is 0 Å². The summed E-state index contributed by atoms with van der Waals surface area (Å²) in [6.07, 6.45) is 15.3. The molecule has 0 aromatic rings. The van der Waals surface area contributed by atoms with Crippen LogP contribution in [-0.2, 0) is 18.6 Å². The Labute approximate surface area is 267 Å². The van der Waals surface area contributed by atoms with Crippen LogP contribution in [0.15, 0.2) is 11.6 Å². The van der Waals surface area contributed by atoms with Gasteiger partial charge in [0.1, 0.15) is 19.8 Å². The van der Waals surface area contributed by atoms with Crippen LogP contribution >= 0.6 is 7.60 Å². The quantitative estimate of drug-likeness (QED) is 0.112. The number of hydrogen-bond acceptors (Lipinski definition) is 7. The Morgan fingerprint density at radius 1 is 1.09 bits per heavy atom. The summed E-state index contributed by atoms with van der Waals surface area (Å²) in [4.78, 5) is 23.5. The second kappa shape index (κ2) is 15.3. The molecule has 4 aliphatic carbocycles. The first-order chi connectivity index (χ1) is 20.7. The number of aliphatic hydroxyl groups is 1. The van der Waals surface area contributed by atoms with E-state index in [0.29, 0.717) is 25.0 Å². The molecule has 0 spiro atoms. The molecule has 1 amide bonds. The molecule has 44 heavy (non-hydrogen) atoms. The van der Waals surface area contributed by atoms with Crippen LogP contribution in [0.2, 0.25) is 0 Å². The van der Waals surface area contributed by atoms with Crippen molar-refractivity contribution in [2.75, 3.05) is 33.0 Å². The highest BCUT2D eigenvalue weighted by atomic mass is 31.2. The van der Waals surface area contributed by atoms with Crippen molar-refractivity contribution in [2.45, 2.75) is 124 Å². The highest BCUT2D eigenvalue weighted by molar-refractivity contribution is 7.50. The summed E-state index contributed by atoms with van der Waals surface area (Å²) < 4.78 is 26.8. The van der Waals surface area contributed by atoms with Gasteiger partial charge in [-0.1, -0.05) is 65.5 Å². The Balaban J connectivity index is 1.20. The van der Waals surface area contributed by atoms with E-state index in [9.17, 15) is 19.4 Å². The van der Waals surface area contributed by atoms with Gasteiger partial charge in [0.2, 0.25) is 0 Å². The van der Waals surface area contributed by atoms with Crippen LogP contribution in [0.25, 0.3) is 0 Å². The molecule has 0 aliphatic heterocycles. The van der Waals surface area contributed by atoms with Gasteiger partial charge in [0, 0.05) is 26.2 Å². The molecule has 3 fully saturated rings. The van der Waals surface area contributed by atoms with E-state index in [2.05, 4.69) is 50.5 Å². The SMILES string of the molecule is CC(C)CCC[C@H](C)C1CCC2C3CC=C4C[C@@H](OC(=O)NCCCOCC(O)COP(C)(=O)[O-])CC[C@]4(C)C3CC[C@@]21C. The van der Waals surface area contributed by atoms with Crippen molar-refractivity contribution < 1.29 is 33.4 Å². The summed E-state index contributed by atoms with van der Waals surface area (Å²) in [6.45, 7) is 13.8. The number of carbonyl (C=O) groups excluding carboxylic acids is 1. The van der Waals surface area contributed by atoms with Crippen molar-refractivity contribution in [2.24, 2.45) is 46.3 Å². The predicted octanol–water partition coefficient (Wildman–Crippen LogP) is 7.09. The molecule has 2 N–H and O–H groups in total. The molecule has 0 aromatic carbocycles. The zero-order valence-electron chi connectivity index (χ0n) is 28.4. The molecule has 0 bridgehead atoms. The molecule has 6 unspecified atom stereocenters. The highest BCUT2D eigenvalue weighted by Crippen LogP contribution is 2.67. The van der Waals surface area contributed by atoms with Gasteiger partial charge < -0.3 is 33.9 Å². The lowest BCUT2D eigenvalue weighted by atomic mass is 9.47. The van der Waals surface area contributed by atoms with Crippen LogP contribution in [0, 0.1) is 46.3 Å². The topological polar surface area (TPSA) is 117 Å². The van der Waals surface area contributed by atoms with Crippen molar-refractivity contribution in [3.05, 3.63) is 11.6 Å². The fraction of sp³-hybridized carbons (Fsp3) is 0.914. The van der Waals surface area contributed by atoms with Gasteiger partial charge in [0.15, 0.2) is 0 Å². The van der Waals surface area contributed by atoms with E-state index < -0.39 is 13.7 Å². The number of ether oxygens (including phenoxy) is 2. The number of fused-ring (bicyclic) bond motifs is 5. The third-order valence-electron chi connectivity index (χ3n) is 12.1. The molecule has 0 saturated heterocycles. The van der Waals surface area contributed by atoms with E-state index in [1.807, 2.05) is 0 Å². The fourth-order valence-corrected chi connectivity index (χ4v) is 10.2. The molecular formula is C35H61NO7P-. The zero-order chi connectivity index (χ0) is 32.1. The predicted molar refractivity (Wildman–Crippen MR) is 172 cm³/mol. The van der Waals surface area contributed by atoms with Gasteiger partial charge in [0.25, 0.3) is 0 Å². The maximum absolute atomic E-state index is 12.5. The largest absolute Gasteiger partial charge is 0.779 e. The minimum Gasteiger partial charge on any atom is -0.779 e. The minimum absolute atomic E-state index is 0.0274. The maximum Gasteiger partial charge on any atom is 0.407 e. The molecule has 254 valence electrons. The summed E-state index contributed by atoms with van der Waals surface area (Å²) in [5, 5.41) is 12.5. The third kappa shape index (κ3) is 8.91. The summed E-state index contributed by atoms with van der Waals surface area (Å²) >= 11 is 0. The second-order valence-electron chi connectivity index (χ2n) is 15.6. The number of rotatable bonds is 15. The summed E-state index contributed by atoms with van der Waals surface area (Å²) in [5.74, 6) is 4.91. The Hall–Kier alpha value is -0.920. The lowest BCUT2D eigenvalue weighted by Crippen LogP contribution is -2.51. The van der Waals surface area contributed by atoms with Crippen LogP contribution in [0.5, 0.6) is 0 Å². The lowest BCUT2D eigenvalue weighted by molar-refractivity contribution is -0.198. The molecule has 8 nitrogen and oxygen atoms in total. The van der Waals surface area contributed by atoms with Crippen molar-refractivity contribution in [3.8, 4) is 0 Å². The van der Waals surface area contributed by atoms with Crippen LogP contribution in [-0.4, -0.2) is 56.4 Å². The van der Waals surface area contributed by atoms with Gasteiger partial charge in [-0.05, 0) is 97.7 Å². The first-order valence-corrected chi connectivity index (χ1v) is 19.5. The molecule has 4 aliphatic rings. The van der Waals surface area contributed by atoms with Gasteiger partial charge >= 0.3 is 6.09 Å². The molecule has 0 aromatic heterocycles. The zero-order valence-corrected chi connectivity index (χ0v) is 29.2. The number of amides is 1. The molecule has 10 atom stereocenters. The van der Waals surface area contributed by atoms with Gasteiger partial charge in [-0.3, -0.25) is 0 Å². The lowest BCUT2D eigenvalue weighted by Gasteiger charge is -2.58.